The molecule has 0 atom stereocenters. The van der Waals surface area contributed by atoms with Crippen LogP contribution in [0.3, 0.4) is 0 Å². The Morgan fingerprint density at radius 2 is 1.21 bits per heavy atom. The van der Waals surface area contributed by atoms with Crippen LogP contribution in [0.25, 0.3) is 0 Å². The first kappa shape index (κ1) is 20.6. The molecule has 0 N–H and O–H groups in total. The molecule has 3 aromatic rings. The van der Waals surface area contributed by atoms with Crippen molar-refractivity contribution in [2.24, 2.45) is 5.92 Å². The van der Waals surface area contributed by atoms with Crippen LogP contribution in [0.15, 0.2) is 103 Å². The second kappa shape index (κ2) is 8.58. The Bertz CT molecular complexity index is 860. The van der Waals surface area contributed by atoms with Gasteiger partial charge >= 0.3 is 184 Å². The van der Waals surface area contributed by atoms with Gasteiger partial charge in [-0.15, -0.1) is 0 Å². The number of allylic oxidation sites excluding steroid dienone is 2. The van der Waals surface area contributed by atoms with E-state index in [4.69, 9.17) is 0 Å². The Hall–Kier alpha value is -1.69. The third-order valence-electron chi connectivity index (χ3n) is 6.31. The van der Waals surface area contributed by atoms with Gasteiger partial charge in [-0.1, -0.05) is 0 Å². The predicted octanol–water partition coefficient (Wildman–Crippen LogP) is 6.96. The van der Waals surface area contributed by atoms with Crippen molar-refractivity contribution in [2.75, 3.05) is 6.16 Å². The molecule has 1 fully saturated rings. The van der Waals surface area contributed by atoms with Gasteiger partial charge in [0.25, 0.3) is 0 Å². The third kappa shape index (κ3) is 4.14. The van der Waals surface area contributed by atoms with E-state index >= 15 is 0 Å². The molecule has 150 valence electrons. The van der Waals surface area contributed by atoms with Crippen molar-refractivity contribution in [1.29, 1.82) is 0 Å². The number of hydrogen-bond donors (Lipinski definition) is 0. The van der Waals surface area contributed by atoms with Crippen LogP contribution in [0.4, 0.5) is 0 Å². The molecule has 4 rings (SSSR count). The van der Waals surface area contributed by atoms with Crippen LogP contribution in [-0.4, -0.2) is 6.16 Å². The monoisotopic (exact) mass is 464 g/mol. The van der Waals surface area contributed by atoms with Crippen LogP contribution < -0.4 is 15.9 Å². The molecule has 1 aliphatic carbocycles. The standard InChI is InChI=1S/C27H30BrP/c1-23(17-18-24-19-20-24)21-22-29(28,25-11-5-2-6-12-25,26-13-7-3-8-14-26)27-15-9-4-10-16-27/h2-16,21,24H,17-20,22H2,1H3. The van der Waals surface area contributed by atoms with E-state index in [-0.39, 0.29) is 0 Å². The van der Waals surface area contributed by atoms with Gasteiger partial charge in [0, 0.05) is 0 Å². The van der Waals surface area contributed by atoms with E-state index in [0.717, 1.165) is 12.1 Å². The molecular weight excluding hydrogens is 435 g/mol. The molecule has 2 heteroatoms. The van der Waals surface area contributed by atoms with Gasteiger partial charge < -0.3 is 0 Å². The quantitative estimate of drug-likeness (QED) is 0.249. The maximum absolute atomic E-state index is 4.52. The molecule has 1 aliphatic rings. The molecule has 0 amide bonds. The van der Waals surface area contributed by atoms with Crippen molar-refractivity contribution < 1.29 is 0 Å². The van der Waals surface area contributed by atoms with Gasteiger partial charge in [0.05, 0.1) is 0 Å². The second-order valence-corrected chi connectivity index (χ2v) is 17.4. The Morgan fingerprint density at radius 1 is 0.793 bits per heavy atom. The fourth-order valence-corrected chi connectivity index (χ4v) is 11.4. The molecule has 0 radical (unpaired) electrons. The van der Waals surface area contributed by atoms with Crippen LogP contribution in [0, 0.1) is 5.92 Å². The molecule has 0 saturated heterocycles. The zero-order valence-electron chi connectivity index (χ0n) is 17.2. The summed E-state index contributed by atoms with van der Waals surface area (Å²) in [6.45, 7) is 2.32. The van der Waals surface area contributed by atoms with Crippen LogP contribution in [0.2, 0.25) is 0 Å². The van der Waals surface area contributed by atoms with E-state index in [1.807, 2.05) is 0 Å². The normalized spacial score (nSPS) is 16.2. The van der Waals surface area contributed by atoms with E-state index in [0.29, 0.717) is 0 Å². The van der Waals surface area contributed by atoms with Gasteiger partial charge in [-0.2, -0.15) is 0 Å². The van der Waals surface area contributed by atoms with Crippen LogP contribution in [0.1, 0.15) is 32.6 Å². The van der Waals surface area contributed by atoms with Gasteiger partial charge in [-0.3, -0.25) is 0 Å². The molecule has 1 saturated carbocycles. The first-order chi connectivity index (χ1) is 14.1. The van der Waals surface area contributed by atoms with Gasteiger partial charge in [-0.05, 0) is 0 Å². The number of benzene rings is 3. The van der Waals surface area contributed by atoms with E-state index in [2.05, 4.69) is 119 Å². The molecule has 29 heavy (non-hydrogen) atoms. The average molecular weight is 465 g/mol. The predicted molar refractivity (Wildman–Crippen MR) is 135 cm³/mol. The van der Waals surface area contributed by atoms with Crippen molar-refractivity contribution in [3.05, 3.63) is 103 Å². The van der Waals surface area contributed by atoms with Crippen LogP contribution in [0.5, 0.6) is 0 Å². The first-order valence-corrected chi connectivity index (χ1v) is 15.1. The van der Waals surface area contributed by atoms with Crippen molar-refractivity contribution >= 4 is 36.7 Å². The molecule has 0 nitrogen and oxygen atoms in total. The fraction of sp³-hybridized carbons (Fsp3) is 0.259. The second-order valence-electron chi connectivity index (χ2n) is 8.40. The van der Waals surface area contributed by atoms with Crippen molar-refractivity contribution in [2.45, 2.75) is 32.6 Å². The fourth-order valence-electron chi connectivity index (χ4n) is 4.25. The minimum atomic E-state index is -2.80. The molecule has 0 unspecified atom stereocenters. The maximum atomic E-state index is 4.52. The molecule has 0 aliphatic heterocycles. The Morgan fingerprint density at radius 3 is 1.59 bits per heavy atom. The van der Waals surface area contributed by atoms with Gasteiger partial charge in [0.2, 0.25) is 0 Å². The average Bonchev–Trinajstić information content (AvgIpc) is 3.63. The van der Waals surface area contributed by atoms with Crippen molar-refractivity contribution in [3.8, 4) is 0 Å². The molecule has 0 bridgehead atoms. The third-order valence-corrected chi connectivity index (χ3v) is 15.9. The van der Waals surface area contributed by atoms with E-state index in [1.54, 1.807) is 0 Å². The number of hydrogen-bond acceptors (Lipinski definition) is 0. The van der Waals surface area contributed by atoms with Crippen molar-refractivity contribution in [1.82, 2.24) is 0 Å². The Balaban J connectivity index is 1.88. The SMILES string of the molecule is CC(=CCP(Br)(c1ccccc1)(c1ccccc1)c1ccccc1)CCC1CC1. The summed E-state index contributed by atoms with van der Waals surface area (Å²) in [6.07, 6.45) is 8.96. The van der Waals surface area contributed by atoms with E-state index in [9.17, 15) is 0 Å². The zero-order chi connectivity index (χ0) is 20.2. The van der Waals surface area contributed by atoms with Crippen molar-refractivity contribution in [3.63, 3.8) is 0 Å². The summed E-state index contributed by atoms with van der Waals surface area (Å²) in [7, 11) is 0. The molecule has 0 aromatic heterocycles. The zero-order valence-corrected chi connectivity index (χ0v) is 19.7. The number of rotatable bonds is 8. The summed E-state index contributed by atoms with van der Waals surface area (Å²) in [5.41, 5.74) is 1.52. The van der Waals surface area contributed by atoms with Crippen LogP contribution in [-0.2, 0) is 0 Å². The minimum absolute atomic E-state index is 0.981. The Kier molecular flexibility index (Phi) is 6.09. The molecule has 0 spiro atoms. The van der Waals surface area contributed by atoms with E-state index < -0.39 is 5.31 Å². The summed E-state index contributed by atoms with van der Waals surface area (Å²) < 4.78 is 0. The Labute approximate surface area is 183 Å². The number of halogens is 1. The summed E-state index contributed by atoms with van der Waals surface area (Å²) in [4.78, 5) is 0. The van der Waals surface area contributed by atoms with E-state index in [1.165, 1.54) is 47.2 Å². The van der Waals surface area contributed by atoms with Crippen LogP contribution >= 0.6 is 20.8 Å². The van der Waals surface area contributed by atoms with Gasteiger partial charge in [0.15, 0.2) is 0 Å². The molecular formula is C27H30BrP. The summed E-state index contributed by atoms with van der Waals surface area (Å²) in [5, 5.41) is 1.37. The summed E-state index contributed by atoms with van der Waals surface area (Å²) in [6, 6.07) is 33.2. The molecule has 0 heterocycles. The molecule has 3 aromatic carbocycles. The summed E-state index contributed by atoms with van der Waals surface area (Å²) in [5.74, 6) is 0.981. The van der Waals surface area contributed by atoms with Gasteiger partial charge in [0.1, 0.15) is 0 Å². The summed E-state index contributed by atoms with van der Waals surface area (Å²) >= 11 is 4.52. The first-order valence-electron chi connectivity index (χ1n) is 10.7. The van der Waals surface area contributed by atoms with Gasteiger partial charge in [-0.25, -0.2) is 0 Å². The topological polar surface area (TPSA) is 0 Å².